The Morgan fingerprint density at radius 2 is 2.10 bits per heavy atom. The van der Waals surface area contributed by atoms with Gasteiger partial charge in [-0.2, -0.15) is 5.26 Å². The van der Waals surface area contributed by atoms with Gasteiger partial charge in [0.2, 0.25) is 0 Å². The van der Waals surface area contributed by atoms with Gasteiger partial charge >= 0.3 is 0 Å². The molecule has 120 valence electrons. The molecule has 0 spiro atoms. The van der Waals surface area contributed by atoms with E-state index in [0.29, 0.717) is 18.0 Å². The molecule has 4 heteroatoms. The molecular weight excluding hydrogens is 260 g/mol. The lowest BCUT2D eigenvalue weighted by atomic mass is 9.93. The van der Waals surface area contributed by atoms with Crippen LogP contribution in [-0.4, -0.2) is 60.6 Å². The Kier molecular flexibility index (Phi) is 5.65. The second-order valence-electron chi connectivity index (χ2n) is 7.28. The Bertz CT molecular complexity index is 371. The average Bonchev–Trinajstić information content (AvgIpc) is 3.19. The Morgan fingerprint density at radius 1 is 1.38 bits per heavy atom. The fourth-order valence-electron chi connectivity index (χ4n) is 3.91. The summed E-state index contributed by atoms with van der Waals surface area (Å²) in [5.41, 5.74) is -0.349. The van der Waals surface area contributed by atoms with Crippen molar-refractivity contribution >= 4 is 0 Å². The van der Waals surface area contributed by atoms with Crippen molar-refractivity contribution < 1.29 is 0 Å². The lowest BCUT2D eigenvalue weighted by molar-refractivity contribution is 0.163. The number of nitrogens with zero attached hydrogens (tertiary/aromatic N) is 3. The summed E-state index contributed by atoms with van der Waals surface area (Å²) in [4.78, 5) is 4.97. The van der Waals surface area contributed by atoms with E-state index in [9.17, 15) is 5.26 Å². The van der Waals surface area contributed by atoms with Crippen LogP contribution in [-0.2, 0) is 0 Å². The van der Waals surface area contributed by atoms with Gasteiger partial charge < -0.3 is 4.90 Å². The Balaban J connectivity index is 1.95. The molecule has 0 amide bonds. The summed E-state index contributed by atoms with van der Waals surface area (Å²) in [6.07, 6.45) is 5.03. The van der Waals surface area contributed by atoms with Gasteiger partial charge in [-0.3, -0.25) is 10.2 Å². The average molecular weight is 292 g/mol. The van der Waals surface area contributed by atoms with Crippen LogP contribution in [0.5, 0.6) is 0 Å². The van der Waals surface area contributed by atoms with Gasteiger partial charge in [-0.15, -0.1) is 0 Å². The predicted octanol–water partition coefficient (Wildman–Crippen LogP) is 2.07. The smallest absolute Gasteiger partial charge is 0.122 e. The number of rotatable bonds is 8. The standard InChI is InChI=1S/C17H32N4/c1-5-21-10-6-7-16(21)11-20(4)13-17(12-18,15-8-9-15)19-14(2)3/h14-16,19H,5-11,13H2,1-4H3. The number of likely N-dealkylation sites (N-methyl/N-ethyl adjacent to an activating group) is 2. The summed E-state index contributed by atoms with van der Waals surface area (Å²) in [6.45, 7) is 10.9. The molecule has 0 aromatic carbocycles. The maximum Gasteiger partial charge on any atom is 0.122 e. The molecular formula is C17H32N4. The summed E-state index contributed by atoms with van der Waals surface area (Å²) in [5.74, 6) is 0.540. The first kappa shape index (κ1) is 16.7. The second kappa shape index (κ2) is 7.09. The molecule has 0 bridgehead atoms. The Labute approximate surface area is 130 Å². The van der Waals surface area contributed by atoms with Gasteiger partial charge in [-0.25, -0.2) is 0 Å². The molecule has 1 aliphatic heterocycles. The van der Waals surface area contributed by atoms with Crippen LogP contribution in [0, 0.1) is 17.2 Å². The van der Waals surface area contributed by atoms with Crippen molar-refractivity contribution in [2.45, 2.75) is 64.1 Å². The molecule has 1 heterocycles. The zero-order chi connectivity index (χ0) is 15.5. The first-order chi connectivity index (χ1) is 10.0. The maximum absolute atomic E-state index is 9.79. The van der Waals surface area contributed by atoms with E-state index in [1.807, 2.05) is 0 Å². The van der Waals surface area contributed by atoms with Gasteiger partial charge in [0.25, 0.3) is 0 Å². The van der Waals surface area contributed by atoms with Gasteiger partial charge in [-0.1, -0.05) is 6.92 Å². The molecule has 0 radical (unpaired) electrons. The minimum Gasteiger partial charge on any atom is -0.302 e. The van der Waals surface area contributed by atoms with Gasteiger partial charge in [-0.05, 0) is 65.6 Å². The quantitative estimate of drug-likeness (QED) is 0.744. The van der Waals surface area contributed by atoms with Crippen LogP contribution >= 0.6 is 0 Å². The number of hydrogen-bond acceptors (Lipinski definition) is 4. The van der Waals surface area contributed by atoms with Crippen molar-refractivity contribution in [3.63, 3.8) is 0 Å². The largest absolute Gasteiger partial charge is 0.302 e. The highest BCUT2D eigenvalue weighted by Gasteiger charge is 2.46. The minimum absolute atomic E-state index is 0.349. The third-order valence-corrected chi connectivity index (χ3v) is 4.97. The highest BCUT2D eigenvalue weighted by Crippen LogP contribution is 2.40. The van der Waals surface area contributed by atoms with Gasteiger partial charge in [0, 0.05) is 25.2 Å². The van der Waals surface area contributed by atoms with Crippen molar-refractivity contribution in [2.75, 3.05) is 33.2 Å². The van der Waals surface area contributed by atoms with E-state index >= 15 is 0 Å². The summed E-state index contributed by atoms with van der Waals surface area (Å²) in [6, 6.07) is 3.66. The molecule has 1 aliphatic carbocycles. The van der Waals surface area contributed by atoms with Crippen LogP contribution in [0.1, 0.15) is 46.5 Å². The number of nitrogens with one attached hydrogen (secondary N) is 1. The third-order valence-electron chi connectivity index (χ3n) is 4.97. The number of nitriles is 1. The van der Waals surface area contributed by atoms with Gasteiger partial charge in [0.1, 0.15) is 5.54 Å². The summed E-state index contributed by atoms with van der Waals surface area (Å²) in [7, 11) is 2.18. The Hall–Kier alpha value is -0.630. The molecule has 2 atom stereocenters. The van der Waals surface area contributed by atoms with Crippen LogP contribution in [0.15, 0.2) is 0 Å². The highest BCUT2D eigenvalue weighted by molar-refractivity contribution is 5.17. The minimum atomic E-state index is -0.349. The van der Waals surface area contributed by atoms with Gasteiger partial charge in [0.15, 0.2) is 0 Å². The molecule has 4 nitrogen and oxygen atoms in total. The van der Waals surface area contributed by atoms with E-state index in [2.05, 4.69) is 49.0 Å². The van der Waals surface area contributed by atoms with Crippen molar-refractivity contribution in [1.29, 1.82) is 5.26 Å². The zero-order valence-electron chi connectivity index (χ0n) is 14.2. The Morgan fingerprint density at radius 3 is 2.62 bits per heavy atom. The molecule has 1 saturated heterocycles. The normalized spacial score (nSPS) is 26.2. The van der Waals surface area contributed by atoms with Crippen molar-refractivity contribution in [3.8, 4) is 6.07 Å². The van der Waals surface area contributed by atoms with Crippen molar-refractivity contribution in [2.24, 2.45) is 5.92 Å². The maximum atomic E-state index is 9.79. The van der Waals surface area contributed by atoms with E-state index in [0.717, 1.165) is 19.6 Å². The van der Waals surface area contributed by atoms with Crippen LogP contribution in [0.4, 0.5) is 0 Å². The fourth-order valence-corrected chi connectivity index (χ4v) is 3.91. The zero-order valence-corrected chi connectivity index (χ0v) is 14.2. The molecule has 0 aromatic rings. The fraction of sp³-hybridized carbons (Fsp3) is 0.941. The molecule has 2 aliphatic rings. The summed E-state index contributed by atoms with van der Waals surface area (Å²) in [5, 5.41) is 13.4. The molecule has 21 heavy (non-hydrogen) atoms. The second-order valence-corrected chi connectivity index (χ2v) is 7.28. The lowest BCUT2D eigenvalue weighted by Crippen LogP contribution is -2.57. The SMILES string of the molecule is CCN1CCCC1CN(C)CC(C#N)(NC(C)C)C1CC1. The summed E-state index contributed by atoms with van der Waals surface area (Å²) >= 11 is 0. The van der Waals surface area contributed by atoms with Gasteiger partial charge in [0.05, 0.1) is 6.07 Å². The monoisotopic (exact) mass is 292 g/mol. The molecule has 0 aromatic heterocycles. The molecule has 2 fully saturated rings. The first-order valence-electron chi connectivity index (χ1n) is 8.62. The van der Waals surface area contributed by atoms with Crippen molar-refractivity contribution in [1.82, 2.24) is 15.1 Å². The van der Waals surface area contributed by atoms with E-state index in [1.54, 1.807) is 0 Å². The first-order valence-corrected chi connectivity index (χ1v) is 8.62. The molecule has 1 N–H and O–H groups in total. The third kappa shape index (κ3) is 4.18. The number of likely N-dealkylation sites (tertiary alicyclic amines) is 1. The van der Waals surface area contributed by atoms with E-state index < -0.39 is 0 Å². The van der Waals surface area contributed by atoms with Crippen LogP contribution in [0.25, 0.3) is 0 Å². The van der Waals surface area contributed by atoms with E-state index in [-0.39, 0.29) is 5.54 Å². The van der Waals surface area contributed by atoms with E-state index in [4.69, 9.17) is 0 Å². The topological polar surface area (TPSA) is 42.3 Å². The lowest BCUT2D eigenvalue weighted by Gasteiger charge is -2.36. The summed E-state index contributed by atoms with van der Waals surface area (Å²) < 4.78 is 0. The highest BCUT2D eigenvalue weighted by atomic mass is 15.2. The number of hydrogen-bond donors (Lipinski definition) is 1. The van der Waals surface area contributed by atoms with Crippen LogP contribution < -0.4 is 5.32 Å². The predicted molar refractivity (Wildman–Crippen MR) is 87.1 cm³/mol. The molecule has 1 saturated carbocycles. The van der Waals surface area contributed by atoms with Crippen LogP contribution in [0.3, 0.4) is 0 Å². The van der Waals surface area contributed by atoms with Crippen LogP contribution in [0.2, 0.25) is 0 Å². The molecule has 2 rings (SSSR count). The molecule has 2 unspecified atom stereocenters. The van der Waals surface area contributed by atoms with E-state index in [1.165, 1.54) is 32.2 Å². The van der Waals surface area contributed by atoms with Crippen molar-refractivity contribution in [3.05, 3.63) is 0 Å².